The van der Waals surface area contributed by atoms with E-state index in [1.807, 2.05) is 18.7 Å². The zero-order valence-electron chi connectivity index (χ0n) is 13.4. The van der Waals surface area contributed by atoms with E-state index in [0.29, 0.717) is 43.4 Å². The Hall–Kier alpha value is -1.64. The predicted molar refractivity (Wildman–Crippen MR) is 87.1 cm³/mol. The molecule has 7 nitrogen and oxygen atoms in total. The zero-order valence-corrected chi connectivity index (χ0v) is 14.2. The van der Waals surface area contributed by atoms with Gasteiger partial charge in [0.05, 0.1) is 18.1 Å². The molecule has 0 saturated carbocycles. The number of nitrogens with zero attached hydrogens (tertiary/aromatic N) is 3. The van der Waals surface area contributed by atoms with Crippen LogP contribution < -0.4 is 4.90 Å². The van der Waals surface area contributed by atoms with Gasteiger partial charge in [0.2, 0.25) is 10.0 Å². The zero-order chi connectivity index (χ0) is 16.4. The molecule has 1 saturated heterocycles. The summed E-state index contributed by atoms with van der Waals surface area (Å²) in [5.41, 5.74) is 1.14. The smallest absolute Gasteiger partial charge is 0.298 e. The topological polar surface area (TPSA) is 75.9 Å². The summed E-state index contributed by atoms with van der Waals surface area (Å²) >= 11 is 0. The fourth-order valence-corrected chi connectivity index (χ4v) is 4.14. The Morgan fingerprint density at radius 1 is 1.22 bits per heavy atom. The first-order valence-electron chi connectivity index (χ1n) is 7.79. The summed E-state index contributed by atoms with van der Waals surface area (Å²) < 4.78 is 37.7. The van der Waals surface area contributed by atoms with Crippen LogP contribution in [0.2, 0.25) is 0 Å². The molecule has 2 heterocycles. The lowest BCUT2D eigenvalue weighted by Crippen LogP contribution is -2.36. The van der Waals surface area contributed by atoms with Gasteiger partial charge in [0, 0.05) is 26.2 Å². The van der Waals surface area contributed by atoms with Crippen LogP contribution in [0.15, 0.2) is 27.5 Å². The molecule has 1 aromatic heterocycles. The van der Waals surface area contributed by atoms with Crippen molar-refractivity contribution in [3.63, 3.8) is 0 Å². The standard InChI is InChI=1S/C15H21N3O4S/c1-3-18(4-2)23(19,20)12-5-6-14-13(11-12)16-15(22-14)17-7-9-21-10-8-17/h5-6,11H,3-4,7-10H2,1-2H3. The van der Waals surface area contributed by atoms with Crippen molar-refractivity contribution in [2.24, 2.45) is 0 Å². The van der Waals surface area contributed by atoms with Crippen LogP contribution in [-0.4, -0.2) is 57.1 Å². The SMILES string of the molecule is CCN(CC)S(=O)(=O)c1ccc2oc(N3CCOCC3)nc2c1. The first-order valence-corrected chi connectivity index (χ1v) is 9.23. The van der Waals surface area contributed by atoms with Crippen LogP contribution in [0.3, 0.4) is 0 Å². The third-order valence-electron chi connectivity index (χ3n) is 3.97. The van der Waals surface area contributed by atoms with Gasteiger partial charge in [-0.25, -0.2) is 8.42 Å². The Kier molecular flexibility index (Phi) is 4.56. The fourth-order valence-electron chi connectivity index (χ4n) is 2.66. The van der Waals surface area contributed by atoms with Gasteiger partial charge < -0.3 is 14.1 Å². The maximum atomic E-state index is 12.6. The molecule has 2 aromatic rings. The van der Waals surface area contributed by atoms with Gasteiger partial charge in [0.15, 0.2) is 5.58 Å². The summed E-state index contributed by atoms with van der Waals surface area (Å²) in [6, 6.07) is 5.34. The molecular formula is C15H21N3O4S. The molecule has 0 bridgehead atoms. The molecule has 0 N–H and O–H groups in total. The number of benzene rings is 1. The second-order valence-electron chi connectivity index (χ2n) is 5.31. The summed E-state index contributed by atoms with van der Waals surface area (Å²) in [6.07, 6.45) is 0. The van der Waals surface area contributed by atoms with Gasteiger partial charge in [0.1, 0.15) is 5.52 Å². The molecule has 0 spiro atoms. The third kappa shape index (κ3) is 3.06. The number of fused-ring (bicyclic) bond motifs is 1. The van der Waals surface area contributed by atoms with Crippen LogP contribution in [0.4, 0.5) is 6.01 Å². The number of morpholine rings is 1. The van der Waals surface area contributed by atoms with E-state index in [0.717, 1.165) is 13.1 Å². The first kappa shape index (κ1) is 16.2. The normalized spacial score (nSPS) is 16.4. The van der Waals surface area contributed by atoms with Crippen LogP contribution in [-0.2, 0) is 14.8 Å². The summed E-state index contributed by atoms with van der Waals surface area (Å²) in [5, 5.41) is 0. The molecule has 3 rings (SSSR count). The van der Waals surface area contributed by atoms with E-state index in [2.05, 4.69) is 4.98 Å². The minimum atomic E-state index is -3.49. The summed E-state index contributed by atoms with van der Waals surface area (Å²) in [6.45, 7) is 7.25. The molecule has 1 aromatic carbocycles. The molecule has 1 fully saturated rings. The quantitative estimate of drug-likeness (QED) is 0.825. The molecule has 0 radical (unpaired) electrons. The minimum absolute atomic E-state index is 0.246. The van der Waals surface area contributed by atoms with E-state index < -0.39 is 10.0 Å². The Morgan fingerprint density at radius 3 is 2.57 bits per heavy atom. The van der Waals surface area contributed by atoms with Crippen molar-refractivity contribution in [3.8, 4) is 0 Å². The second kappa shape index (κ2) is 6.46. The number of sulfonamides is 1. The van der Waals surface area contributed by atoms with Crippen LogP contribution in [0.1, 0.15) is 13.8 Å². The summed E-state index contributed by atoms with van der Waals surface area (Å²) in [4.78, 5) is 6.69. The Balaban J connectivity index is 1.96. The molecule has 1 aliphatic rings. The van der Waals surface area contributed by atoms with Crippen LogP contribution in [0, 0.1) is 0 Å². The summed E-state index contributed by atoms with van der Waals surface area (Å²) in [7, 11) is -3.49. The number of rotatable bonds is 5. The number of anilines is 1. The number of hydrogen-bond donors (Lipinski definition) is 0. The molecule has 0 aliphatic carbocycles. The van der Waals surface area contributed by atoms with E-state index in [9.17, 15) is 8.42 Å². The van der Waals surface area contributed by atoms with E-state index in [4.69, 9.17) is 9.15 Å². The van der Waals surface area contributed by atoms with E-state index in [1.54, 1.807) is 18.2 Å². The molecular weight excluding hydrogens is 318 g/mol. The highest BCUT2D eigenvalue weighted by Crippen LogP contribution is 2.26. The van der Waals surface area contributed by atoms with Gasteiger partial charge in [-0.15, -0.1) is 0 Å². The minimum Gasteiger partial charge on any atom is -0.423 e. The molecule has 1 aliphatic heterocycles. The predicted octanol–water partition coefficient (Wildman–Crippen LogP) is 1.69. The lowest BCUT2D eigenvalue weighted by molar-refractivity contribution is 0.120. The van der Waals surface area contributed by atoms with Gasteiger partial charge in [-0.3, -0.25) is 0 Å². The van der Waals surface area contributed by atoms with Crippen molar-refractivity contribution in [2.45, 2.75) is 18.7 Å². The number of ether oxygens (including phenoxy) is 1. The van der Waals surface area contributed by atoms with Crippen molar-refractivity contribution in [2.75, 3.05) is 44.3 Å². The van der Waals surface area contributed by atoms with Gasteiger partial charge in [-0.2, -0.15) is 9.29 Å². The van der Waals surface area contributed by atoms with E-state index >= 15 is 0 Å². The molecule has 23 heavy (non-hydrogen) atoms. The lowest BCUT2D eigenvalue weighted by atomic mass is 10.3. The Morgan fingerprint density at radius 2 is 1.91 bits per heavy atom. The number of oxazole rings is 1. The van der Waals surface area contributed by atoms with Crippen LogP contribution >= 0.6 is 0 Å². The van der Waals surface area contributed by atoms with Crippen molar-refractivity contribution in [1.29, 1.82) is 0 Å². The molecule has 0 amide bonds. The van der Waals surface area contributed by atoms with Crippen molar-refractivity contribution in [1.82, 2.24) is 9.29 Å². The van der Waals surface area contributed by atoms with Crippen molar-refractivity contribution < 1.29 is 17.6 Å². The fraction of sp³-hybridized carbons (Fsp3) is 0.533. The van der Waals surface area contributed by atoms with Gasteiger partial charge >= 0.3 is 0 Å². The number of aromatic nitrogens is 1. The van der Waals surface area contributed by atoms with Gasteiger partial charge in [-0.05, 0) is 18.2 Å². The van der Waals surface area contributed by atoms with E-state index in [1.165, 1.54) is 4.31 Å². The van der Waals surface area contributed by atoms with Crippen LogP contribution in [0.5, 0.6) is 0 Å². The highest BCUT2D eigenvalue weighted by atomic mass is 32.2. The Labute approximate surface area is 135 Å². The average Bonchev–Trinajstić information content (AvgIpc) is 2.99. The van der Waals surface area contributed by atoms with Crippen LogP contribution in [0.25, 0.3) is 11.1 Å². The summed E-state index contributed by atoms with van der Waals surface area (Å²) in [5.74, 6) is 0. The van der Waals surface area contributed by atoms with E-state index in [-0.39, 0.29) is 4.90 Å². The molecule has 8 heteroatoms. The monoisotopic (exact) mass is 339 g/mol. The Bertz CT molecular complexity index is 777. The molecule has 126 valence electrons. The number of hydrogen-bond acceptors (Lipinski definition) is 6. The lowest BCUT2D eigenvalue weighted by Gasteiger charge is -2.24. The third-order valence-corrected chi connectivity index (χ3v) is 6.02. The average molecular weight is 339 g/mol. The largest absolute Gasteiger partial charge is 0.423 e. The maximum absolute atomic E-state index is 12.6. The maximum Gasteiger partial charge on any atom is 0.298 e. The highest BCUT2D eigenvalue weighted by Gasteiger charge is 2.23. The van der Waals surface area contributed by atoms with Crippen molar-refractivity contribution >= 4 is 27.1 Å². The van der Waals surface area contributed by atoms with Crippen molar-refractivity contribution in [3.05, 3.63) is 18.2 Å². The highest BCUT2D eigenvalue weighted by molar-refractivity contribution is 7.89. The molecule has 0 atom stereocenters. The second-order valence-corrected chi connectivity index (χ2v) is 7.25. The van der Waals surface area contributed by atoms with Gasteiger partial charge in [0.25, 0.3) is 6.01 Å². The molecule has 0 unspecified atom stereocenters. The van der Waals surface area contributed by atoms with Gasteiger partial charge in [-0.1, -0.05) is 13.8 Å². The first-order chi connectivity index (χ1) is 11.1.